The molecule has 1 fully saturated rings. The van der Waals surface area contributed by atoms with Crippen molar-refractivity contribution in [3.8, 4) is 0 Å². The molecule has 0 bridgehead atoms. The molecule has 2 rings (SSSR count). The number of alkyl halides is 3. The normalized spacial score (nSPS) is 25.4. The van der Waals surface area contributed by atoms with Crippen molar-refractivity contribution in [1.82, 2.24) is 10.2 Å². The van der Waals surface area contributed by atoms with Gasteiger partial charge in [0.05, 0.1) is 5.92 Å². The number of rotatable bonds is 1. The second-order valence-corrected chi connectivity index (χ2v) is 4.15. The molecule has 0 saturated heterocycles. The average molecular weight is 257 g/mol. The minimum Gasteiger partial charge on any atom is -0.171 e. The van der Waals surface area contributed by atoms with E-state index in [0.29, 0.717) is 5.56 Å². The summed E-state index contributed by atoms with van der Waals surface area (Å²) in [5, 5.41) is 6.97. The third kappa shape index (κ3) is 2.18. The van der Waals surface area contributed by atoms with Gasteiger partial charge in [0.2, 0.25) is 0 Å². The van der Waals surface area contributed by atoms with Gasteiger partial charge in [0.15, 0.2) is 10.3 Å². The van der Waals surface area contributed by atoms with Crippen LogP contribution in [0, 0.1) is 5.92 Å². The van der Waals surface area contributed by atoms with E-state index in [1.54, 1.807) is 0 Å². The largest absolute Gasteiger partial charge is 0.392 e. The molecule has 7 heteroatoms. The molecule has 1 aromatic heterocycles. The number of nitrogens with zero attached hydrogens (tertiary/aromatic N) is 2. The smallest absolute Gasteiger partial charge is 0.171 e. The number of halogens is 5. The Balaban J connectivity index is 2.23. The Bertz CT molecular complexity index is 394. The van der Waals surface area contributed by atoms with Gasteiger partial charge in [-0.25, -0.2) is 0 Å². The lowest BCUT2D eigenvalue weighted by Gasteiger charge is -2.05. The van der Waals surface area contributed by atoms with Gasteiger partial charge in [-0.15, -0.1) is 10.2 Å². The van der Waals surface area contributed by atoms with Crippen LogP contribution < -0.4 is 0 Å². The number of aromatic nitrogens is 2. The number of hydrogen-bond acceptors (Lipinski definition) is 2. The molecular formula is C8H5Cl2F3N2. The van der Waals surface area contributed by atoms with E-state index in [1.807, 2.05) is 0 Å². The zero-order valence-electron chi connectivity index (χ0n) is 7.22. The average Bonchev–Trinajstić information content (AvgIpc) is 2.87. The van der Waals surface area contributed by atoms with Crippen LogP contribution in [-0.4, -0.2) is 16.4 Å². The summed E-state index contributed by atoms with van der Waals surface area (Å²) in [6.07, 6.45) is -4.13. The Labute approximate surface area is 93.4 Å². The maximum absolute atomic E-state index is 12.3. The molecule has 15 heavy (non-hydrogen) atoms. The topological polar surface area (TPSA) is 25.8 Å². The van der Waals surface area contributed by atoms with Crippen molar-refractivity contribution in [3.05, 3.63) is 21.9 Å². The van der Waals surface area contributed by atoms with Gasteiger partial charge in [0, 0.05) is 0 Å². The monoisotopic (exact) mass is 256 g/mol. The zero-order chi connectivity index (χ0) is 11.2. The van der Waals surface area contributed by atoms with E-state index in [9.17, 15) is 13.2 Å². The standard InChI is InChI=1S/C8H5Cl2F3N2/c9-6-2-4(7(10)15-14-6)3-1-5(3)8(11,12)13/h2-3,5H,1H2. The third-order valence-electron chi connectivity index (χ3n) is 2.36. The molecule has 82 valence electrons. The van der Waals surface area contributed by atoms with Crippen LogP contribution in [0.15, 0.2) is 6.07 Å². The first-order valence-corrected chi connectivity index (χ1v) is 4.90. The fraction of sp³-hybridized carbons (Fsp3) is 0.500. The van der Waals surface area contributed by atoms with Crippen LogP contribution in [0.25, 0.3) is 0 Å². The first-order chi connectivity index (χ1) is 6.89. The van der Waals surface area contributed by atoms with Gasteiger partial charge in [-0.1, -0.05) is 23.2 Å². The summed E-state index contributed by atoms with van der Waals surface area (Å²) >= 11 is 11.2. The molecule has 0 spiro atoms. The van der Waals surface area contributed by atoms with Gasteiger partial charge in [-0.2, -0.15) is 13.2 Å². The second kappa shape index (κ2) is 3.49. The van der Waals surface area contributed by atoms with Crippen molar-refractivity contribution in [2.24, 2.45) is 5.92 Å². The first-order valence-electron chi connectivity index (χ1n) is 4.15. The van der Waals surface area contributed by atoms with E-state index in [2.05, 4.69) is 10.2 Å². The molecule has 1 heterocycles. The van der Waals surface area contributed by atoms with E-state index in [-0.39, 0.29) is 16.7 Å². The van der Waals surface area contributed by atoms with E-state index in [1.165, 1.54) is 6.07 Å². The quantitative estimate of drug-likeness (QED) is 0.769. The summed E-state index contributed by atoms with van der Waals surface area (Å²) in [5.41, 5.74) is 0.332. The zero-order valence-corrected chi connectivity index (χ0v) is 8.74. The molecule has 0 radical (unpaired) electrons. The molecule has 0 aliphatic heterocycles. The molecule has 2 atom stereocenters. The third-order valence-corrected chi connectivity index (χ3v) is 2.84. The highest BCUT2D eigenvalue weighted by Gasteiger charge is 2.56. The molecule has 0 aromatic carbocycles. The van der Waals surface area contributed by atoms with Gasteiger partial charge in [0.1, 0.15) is 0 Å². The predicted octanol–water partition coefficient (Wildman–Crippen LogP) is 3.45. The molecule has 2 nitrogen and oxygen atoms in total. The Morgan fingerprint density at radius 1 is 1.27 bits per heavy atom. The molecule has 0 amide bonds. The van der Waals surface area contributed by atoms with Crippen molar-refractivity contribution in [1.29, 1.82) is 0 Å². The summed E-state index contributed by atoms with van der Waals surface area (Å²) < 4.78 is 36.9. The SMILES string of the molecule is FC(F)(F)C1CC1c1cc(Cl)nnc1Cl. The fourth-order valence-corrected chi connectivity index (χ4v) is 1.91. The predicted molar refractivity (Wildman–Crippen MR) is 49.0 cm³/mol. The van der Waals surface area contributed by atoms with E-state index < -0.39 is 18.0 Å². The molecule has 0 N–H and O–H groups in total. The highest BCUT2D eigenvalue weighted by molar-refractivity contribution is 6.31. The maximum Gasteiger partial charge on any atom is 0.392 e. The minimum absolute atomic E-state index is 0.00356. The lowest BCUT2D eigenvalue weighted by Crippen LogP contribution is -2.11. The van der Waals surface area contributed by atoms with Gasteiger partial charge in [-0.05, 0) is 24.0 Å². The van der Waals surface area contributed by atoms with E-state index >= 15 is 0 Å². The van der Waals surface area contributed by atoms with E-state index in [4.69, 9.17) is 23.2 Å². The molecule has 1 aliphatic carbocycles. The Morgan fingerprint density at radius 3 is 2.47 bits per heavy atom. The summed E-state index contributed by atoms with van der Waals surface area (Å²) in [5.74, 6) is -1.94. The summed E-state index contributed by atoms with van der Waals surface area (Å²) in [6.45, 7) is 0. The van der Waals surface area contributed by atoms with Crippen LogP contribution in [0.3, 0.4) is 0 Å². The van der Waals surface area contributed by atoms with Crippen LogP contribution in [0.2, 0.25) is 10.3 Å². The van der Waals surface area contributed by atoms with Crippen LogP contribution in [0.1, 0.15) is 17.9 Å². The fourth-order valence-electron chi connectivity index (χ4n) is 1.53. The van der Waals surface area contributed by atoms with Crippen LogP contribution in [-0.2, 0) is 0 Å². The molecular weight excluding hydrogens is 252 g/mol. The minimum atomic E-state index is -4.18. The molecule has 1 saturated carbocycles. The van der Waals surface area contributed by atoms with Crippen LogP contribution in [0.4, 0.5) is 13.2 Å². The van der Waals surface area contributed by atoms with Crippen molar-refractivity contribution in [2.45, 2.75) is 18.5 Å². The van der Waals surface area contributed by atoms with Gasteiger partial charge >= 0.3 is 6.18 Å². The van der Waals surface area contributed by atoms with Crippen molar-refractivity contribution in [3.63, 3.8) is 0 Å². The highest BCUT2D eigenvalue weighted by atomic mass is 35.5. The van der Waals surface area contributed by atoms with Gasteiger partial charge in [0.25, 0.3) is 0 Å². The summed E-state index contributed by atoms with van der Waals surface area (Å²) in [6, 6.07) is 1.34. The first kappa shape index (κ1) is 11.0. The summed E-state index contributed by atoms with van der Waals surface area (Å²) in [4.78, 5) is 0. The van der Waals surface area contributed by atoms with Gasteiger partial charge in [-0.3, -0.25) is 0 Å². The second-order valence-electron chi connectivity index (χ2n) is 3.40. The number of hydrogen-bond donors (Lipinski definition) is 0. The Hall–Kier alpha value is -0.550. The lowest BCUT2D eigenvalue weighted by atomic mass is 10.1. The van der Waals surface area contributed by atoms with Crippen LogP contribution >= 0.6 is 23.2 Å². The van der Waals surface area contributed by atoms with Crippen molar-refractivity contribution >= 4 is 23.2 Å². The van der Waals surface area contributed by atoms with E-state index in [0.717, 1.165) is 0 Å². The molecule has 1 aromatic rings. The highest BCUT2D eigenvalue weighted by Crippen LogP contribution is 2.57. The van der Waals surface area contributed by atoms with Gasteiger partial charge < -0.3 is 0 Å². The lowest BCUT2D eigenvalue weighted by molar-refractivity contribution is -0.148. The maximum atomic E-state index is 12.3. The summed E-state index contributed by atoms with van der Waals surface area (Å²) in [7, 11) is 0. The molecule has 2 unspecified atom stereocenters. The molecule has 1 aliphatic rings. The van der Waals surface area contributed by atoms with Crippen molar-refractivity contribution < 1.29 is 13.2 Å². The Kier molecular flexibility index (Phi) is 2.55. The Morgan fingerprint density at radius 2 is 1.93 bits per heavy atom. The van der Waals surface area contributed by atoms with Crippen molar-refractivity contribution in [2.75, 3.05) is 0 Å². The van der Waals surface area contributed by atoms with Crippen LogP contribution in [0.5, 0.6) is 0 Å².